The zero-order chi connectivity index (χ0) is 5.70. The summed E-state index contributed by atoms with van der Waals surface area (Å²) < 4.78 is 0. The molecule has 0 aliphatic rings. The molecule has 0 aliphatic carbocycles. The number of nitrogens with zero attached hydrogens (tertiary/aromatic N) is 3. The number of nitriles is 3. The van der Waals surface area contributed by atoms with E-state index in [1.165, 1.54) is 18.2 Å². The number of rotatable bonds is 0. The number of hydrogen-bond donors (Lipinski definition) is 0. The van der Waals surface area contributed by atoms with Crippen molar-refractivity contribution in [2.24, 2.45) is 5.92 Å². The van der Waals surface area contributed by atoms with E-state index in [1.807, 2.05) is 0 Å². The van der Waals surface area contributed by atoms with Crippen LogP contribution in [0.25, 0.3) is 0 Å². The fraction of sp³-hybridized carbons (Fsp3) is 0.250. The molecule has 0 rings (SSSR count). The van der Waals surface area contributed by atoms with Crippen molar-refractivity contribution in [2.45, 2.75) is 0 Å². The van der Waals surface area contributed by atoms with Crippen LogP contribution in [0.5, 0.6) is 0 Å². The maximum atomic E-state index is 7.83. The summed E-state index contributed by atoms with van der Waals surface area (Å²) in [6, 6.07) is 4.44. The predicted octanol–water partition coefficient (Wildman–Crippen LogP) is -0.207. The van der Waals surface area contributed by atoms with Crippen molar-refractivity contribution in [1.29, 1.82) is 15.8 Å². The molecule has 0 N–H and O–H groups in total. The standard InChI is InChI=1S/C4HN3.K/c5-1-4(2-6)3-7;/h4H;. The van der Waals surface area contributed by atoms with Crippen LogP contribution in [0.2, 0.25) is 0 Å². The molecule has 0 aliphatic heterocycles. The van der Waals surface area contributed by atoms with E-state index in [0.29, 0.717) is 0 Å². The molecule has 0 saturated heterocycles. The molecule has 8 heavy (non-hydrogen) atoms. The van der Waals surface area contributed by atoms with E-state index in [4.69, 9.17) is 15.8 Å². The van der Waals surface area contributed by atoms with E-state index in [0.717, 1.165) is 0 Å². The Kier molecular flexibility index (Phi) is 9.75. The molecule has 0 aromatic carbocycles. The van der Waals surface area contributed by atoms with Gasteiger partial charge in [-0.05, 0) is 0 Å². The smallest absolute Gasteiger partial charge is 0.196 e. The van der Waals surface area contributed by atoms with Gasteiger partial charge in [-0.25, -0.2) is 0 Å². The molecule has 0 aromatic rings. The molecule has 33 valence electrons. The van der Waals surface area contributed by atoms with Gasteiger partial charge < -0.3 is 0 Å². The minimum Gasteiger partial charge on any atom is -0.196 e. The number of hydrogen-bond acceptors (Lipinski definition) is 3. The molecule has 0 atom stereocenters. The summed E-state index contributed by atoms with van der Waals surface area (Å²) in [7, 11) is 0. The zero-order valence-corrected chi connectivity index (χ0v) is 7.54. The first-order valence-electron chi connectivity index (χ1n) is 1.54. The third-order valence-corrected chi connectivity index (χ3v) is 0.387. The molecule has 4 heteroatoms. The SMILES string of the molecule is N#CC(C#N)C#N.[K]. The van der Waals surface area contributed by atoms with Crippen LogP contribution in [-0.2, 0) is 0 Å². The molecular formula is C4HKN3. The van der Waals surface area contributed by atoms with Crippen LogP contribution >= 0.6 is 0 Å². The van der Waals surface area contributed by atoms with Crippen LogP contribution in [-0.4, -0.2) is 51.4 Å². The van der Waals surface area contributed by atoms with Crippen molar-refractivity contribution >= 4 is 51.4 Å². The van der Waals surface area contributed by atoms with Gasteiger partial charge in [0.1, 0.15) is 0 Å². The van der Waals surface area contributed by atoms with Crippen LogP contribution in [0.3, 0.4) is 0 Å². The van der Waals surface area contributed by atoms with E-state index in [-0.39, 0.29) is 51.4 Å². The Morgan fingerprint density at radius 3 is 1.12 bits per heavy atom. The van der Waals surface area contributed by atoms with E-state index in [2.05, 4.69) is 0 Å². The van der Waals surface area contributed by atoms with Gasteiger partial charge >= 0.3 is 0 Å². The van der Waals surface area contributed by atoms with E-state index in [1.54, 1.807) is 0 Å². The van der Waals surface area contributed by atoms with Gasteiger partial charge in [-0.3, -0.25) is 0 Å². The Labute approximate surface area is 89.9 Å². The molecule has 0 aromatic heterocycles. The van der Waals surface area contributed by atoms with Gasteiger partial charge in [0.2, 0.25) is 5.92 Å². The summed E-state index contributed by atoms with van der Waals surface area (Å²) in [5.74, 6) is -1.10. The second kappa shape index (κ2) is 7.11. The Bertz CT molecular complexity index is 134. The van der Waals surface area contributed by atoms with Gasteiger partial charge in [-0.2, -0.15) is 15.8 Å². The van der Waals surface area contributed by atoms with E-state index >= 15 is 0 Å². The van der Waals surface area contributed by atoms with Gasteiger partial charge in [0.05, 0.1) is 18.2 Å². The summed E-state index contributed by atoms with van der Waals surface area (Å²) >= 11 is 0. The van der Waals surface area contributed by atoms with E-state index < -0.39 is 5.92 Å². The van der Waals surface area contributed by atoms with Crippen molar-refractivity contribution < 1.29 is 0 Å². The molecular weight excluding hydrogens is 129 g/mol. The van der Waals surface area contributed by atoms with E-state index in [9.17, 15) is 0 Å². The van der Waals surface area contributed by atoms with Crippen molar-refractivity contribution in [2.75, 3.05) is 0 Å². The molecule has 0 fully saturated rings. The summed E-state index contributed by atoms with van der Waals surface area (Å²) in [6.07, 6.45) is 0. The Morgan fingerprint density at radius 1 is 0.875 bits per heavy atom. The first kappa shape index (κ1) is 11.0. The van der Waals surface area contributed by atoms with Gasteiger partial charge in [0.25, 0.3) is 0 Å². The molecule has 0 heterocycles. The molecule has 0 unspecified atom stereocenters. The fourth-order valence-corrected chi connectivity index (χ4v) is 0.0866. The third kappa shape index (κ3) is 4.27. The molecule has 0 amide bonds. The zero-order valence-electron chi connectivity index (χ0n) is 4.42. The Hall–Kier alpha value is 0.106. The average Bonchev–Trinajstić information content (AvgIpc) is 1.72. The third-order valence-electron chi connectivity index (χ3n) is 0.387. The largest absolute Gasteiger partial charge is 0.218 e. The van der Waals surface area contributed by atoms with Gasteiger partial charge in [-0.1, -0.05) is 0 Å². The summed E-state index contributed by atoms with van der Waals surface area (Å²) in [5, 5.41) is 23.5. The van der Waals surface area contributed by atoms with Crippen LogP contribution in [0, 0.1) is 39.9 Å². The van der Waals surface area contributed by atoms with Crippen molar-refractivity contribution in [1.82, 2.24) is 0 Å². The quantitative estimate of drug-likeness (QED) is 0.426. The van der Waals surface area contributed by atoms with Gasteiger partial charge in [-0.15, -0.1) is 0 Å². The summed E-state index contributed by atoms with van der Waals surface area (Å²) in [4.78, 5) is 0. The fourth-order valence-electron chi connectivity index (χ4n) is 0.0866. The topological polar surface area (TPSA) is 71.4 Å². The van der Waals surface area contributed by atoms with Crippen LogP contribution in [0.15, 0.2) is 0 Å². The van der Waals surface area contributed by atoms with Crippen molar-refractivity contribution in [3.63, 3.8) is 0 Å². The minimum absolute atomic E-state index is 0. The summed E-state index contributed by atoms with van der Waals surface area (Å²) in [6.45, 7) is 0. The monoisotopic (exact) mass is 130 g/mol. The first-order valence-corrected chi connectivity index (χ1v) is 1.54. The van der Waals surface area contributed by atoms with Crippen molar-refractivity contribution in [3.05, 3.63) is 0 Å². The molecule has 0 saturated carbocycles. The molecule has 0 spiro atoms. The Balaban J connectivity index is 0. The first-order chi connectivity index (χ1) is 3.35. The van der Waals surface area contributed by atoms with Crippen molar-refractivity contribution in [3.8, 4) is 18.2 Å². The summed E-state index contributed by atoms with van der Waals surface area (Å²) in [5.41, 5.74) is 0. The Morgan fingerprint density at radius 2 is 1.12 bits per heavy atom. The van der Waals surface area contributed by atoms with Gasteiger partial charge in [0, 0.05) is 51.4 Å². The second-order valence-corrected chi connectivity index (χ2v) is 0.820. The normalized spacial score (nSPS) is 5.25. The minimum atomic E-state index is -1.10. The molecule has 1 radical (unpaired) electrons. The maximum Gasteiger partial charge on any atom is 0.218 e. The maximum absolute atomic E-state index is 7.83. The van der Waals surface area contributed by atoms with Crippen LogP contribution < -0.4 is 0 Å². The molecule has 0 bridgehead atoms. The van der Waals surface area contributed by atoms with Crippen LogP contribution in [0.1, 0.15) is 0 Å². The second-order valence-electron chi connectivity index (χ2n) is 0.820. The predicted molar refractivity (Wildman–Crippen MR) is 26.1 cm³/mol. The average molecular weight is 130 g/mol. The van der Waals surface area contributed by atoms with Gasteiger partial charge in [0.15, 0.2) is 0 Å². The molecule has 3 nitrogen and oxygen atoms in total. The van der Waals surface area contributed by atoms with Crippen LogP contribution in [0.4, 0.5) is 0 Å².